The van der Waals surface area contributed by atoms with Crippen LogP contribution >= 0.6 is 0 Å². The molecular weight excluding hydrogens is 256 g/mol. The summed E-state index contributed by atoms with van der Waals surface area (Å²) in [7, 11) is -3.22. The number of furan rings is 1. The molecule has 0 unspecified atom stereocenters. The van der Waals surface area contributed by atoms with E-state index in [2.05, 4.69) is 10.0 Å². The molecule has 6 nitrogen and oxygen atoms in total. The summed E-state index contributed by atoms with van der Waals surface area (Å²) < 4.78 is 30.1. The molecule has 0 spiro atoms. The first-order valence-electron chi connectivity index (χ1n) is 5.60. The second-order valence-electron chi connectivity index (χ2n) is 4.89. The molecule has 0 aliphatic carbocycles. The summed E-state index contributed by atoms with van der Waals surface area (Å²) in [6.07, 6.45) is 1.13. The van der Waals surface area contributed by atoms with Crippen molar-refractivity contribution < 1.29 is 17.9 Å². The van der Waals surface area contributed by atoms with Gasteiger partial charge in [0, 0.05) is 12.1 Å². The van der Waals surface area contributed by atoms with E-state index in [1.807, 2.05) is 0 Å². The summed E-state index contributed by atoms with van der Waals surface area (Å²) in [5.74, 6) is 1.22. The van der Waals surface area contributed by atoms with Gasteiger partial charge in [-0.05, 0) is 26.0 Å². The fraction of sp³-hybridized carbons (Fsp3) is 0.636. The summed E-state index contributed by atoms with van der Waals surface area (Å²) >= 11 is 0. The summed E-state index contributed by atoms with van der Waals surface area (Å²) in [4.78, 5) is 0. The Kier molecular flexibility index (Phi) is 4.92. The van der Waals surface area contributed by atoms with Crippen LogP contribution in [0.5, 0.6) is 0 Å². The fourth-order valence-corrected chi connectivity index (χ4v) is 2.71. The van der Waals surface area contributed by atoms with Crippen molar-refractivity contribution in [2.24, 2.45) is 0 Å². The minimum absolute atomic E-state index is 0.124. The van der Waals surface area contributed by atoms with Crippen LogP contribution in [-0.4, -0.2) is 31.9 Å². The average Bonchev–Trinajstić information content (AvgIpc) is 2.61. The predicted molar refractivity (Wildman–Crippen MR) is 68.4 cm³/mol. The lowest BCUT2D eigenvalue weighted by Gasteiger charge is -2.25. The molecular formula is C11H20N2O4S. The molecule has 1 rings (SSSR count). The van der Waals surface area contributed by atoms with Crippen molar-refractivity contribution in [1.29, 1.82) is 0 Å². The van der Waals surface area contributed by atoms with E-state index in [0.717, 1.165) is 6.26 Å². The van der Waals surface area contributed by atoms with Crippen LogP contribution in [-0.2, 0) is 23.2 Å². The second kappa shape index (κ2) is 5.83. The maximum atomic E-state index is 11.1. The molecule has 18 heavy (non-hydrogen) atoms. The molecule has 1 aromatic rings. The molecule has 0 aliphatic rings. The fourth-order valence-electron chi connectivity index (χ4n) is 1.64. The smallest absolute Gasteiger partial charge is 0.209 e. The summed E-state index contributed by atoms with van der Waals surface area (Å²) in [6, 6.07) is 3.48. The zero-order chi connectivity index (χ0) is 13.8. The van der Waals surface area contributed by atoms with E-state index in [0.29, 0.717) is 24.6 Å². The van der Waals surface area contributed by atoms with E-state index in [-0.39, 0.29) is 6.61 Å². The van der Waals surface area contributed by atoms with Gasteiger partial charge in [-0.25, -0.2) is 13.1 Å². The van der Waals surface area contributed by atoms with Crippen molar-refractivity contribution >= 4 is 10.0 Å². The molecule has 0 fully saturated rings. The highest BCUT2D eigenvalue weighted by Gasteiger charge is 2.21. The van der Waals surface area contributed by atoms with E-state index in [9.17, 15) is 8.42 Å². The molecule has 0 bridgehead atoms. The standard InChI is InChI=1S/C11H20N2O4S/c1-11(2,13-18(3,15)16)8-12-6-9-4-5-10(7-14)17-9/h4-5,12-14H,6-8H2,1-3H3. The predicted octanol–water partition coefficient (Wildman–Crippen LogP) is 0.189. The number of sulfonamides is 1. The van der Waals surface area contributed by atoms with Crippen LogP contribution in [0.1, 0.15) is 25.4 Å². The molecule has 0 amide bonds. The molecule has 3 N–H and O–H groups in total. The number of nitrogens with one attached hydrogen (secondary N) is 2. The normalized spacial score (nSPS) is 12.9. The molecule has 104 valence electrons. The van der Waals surface area contributed by atoms with Crippen molar-refractivity contribution in [3.8, 4) is 0 Å². The van der Waals surface area contributed by atoms with Gasteiger partial charge >= 0.3 is 0 Å². The van der Waals surface area contributed by atoms with E-state index in [4.69, 9.17) is 9.52 Å². The van der Waals surface area contributed by atoms with Gasteiger partial charge in [0.25, 0.3) is 0 Å². The molecule has 1 aromatic heterocycles. The Morgan fingerprint density at radius 3 is 2.44 bits per heavy atom. The lowest BCUT2D eigenvalue weighted by molar-refractivity contribution is 0.242. The Morgan fingerprint density at radius 2 is 1.94 bits per heavy atom. The van der Waals surface area contributed by atoms with Gasteiger partial charge in [0.1, 0.15) is 18.1 Å². The maximum Gasteiger partial charge on any atom is 0.209 e. The lowest BCUT2D eigenvalue weighted by Crippen LogP contribution is -2.49. The van der Waals surface area contributed by atoms with Crippen molar-refractivity contribution in [1.82, 2.24) is 10.0 Å². The molecule has 0 aromatic carbocycles. The largest absolute Gasteiger partial charge is 0.462 e. The SMILES string of the molecule is CC(C)(CNCc1ccc(CO)o1)NS(C)(=O)=O. The molecule has 7 heteroatoms. The first-order valence-corrected chi connectivity index (χ1v) is 7.49. The third-order valence-corrected chi connectivity index (χ3v) is 3.12. The van der Waals surface area contributed by atoms with E-state index >= 15 is 0 Å². The van der Waals surface area contributed by atoms with E-state index < -0.39 is 15.6 Å². The maximum absolute atomic E-state index is 11.1. The first kappa shape index (κ1) is 15.2. The van der Waals surface area contributed by atoms with Crippen LogP contribution in [0.2, 0.25) is 0 Å². The van der Waals surface area contributed by atoms with Gasteiger partial charge < -0.3 is 14.8 Å². The second-order valence-corrected chi connectivity index (χ2v) is 6.64. The molecule has 0 radical (unpaired) electrons. The van der Waals surface area contributed by atoms with E-state index in [1.165, 1.54) is 0 Å². The Hall–Kier alpha value is -0.890. The van der Waals surface area contributed by atoms with Gasteiger partial charge in [0.05, 0.1) is 12.8 Å². The minimum Gasteiger partial charge on any atom is -0.462 e. The number of hydrogen-bond donors (Lipinski definition) is 3. The highest BCUT2D eigenvalue weighted by Crippen LogP contribution is 2.08. The van der Waals surface area contributed by atoms with Crippen molar-refractivity contribution in [2.45, 2.75) is 32.5 Å². The lowest BCUT2D eigenvalue weighted by atomic mass is 10.1. The van der Waals surface area contributed by atoms with Gasteiger partial charge in [-0.3, -0.25) is 0 Å². The number of hydrogen-bond acceptors (Lipinski definition) is 5. The number of rotatable bonds is 7. The zero-order valence-corrected chi connectivity index (χ0v) is 11.7. The highest BCUT2D eigenvalue weighted by atomic mass is 32.2. The van der Waals surface area contributed by atoms with Crippen LogP contribution in [0.25, 0.3) is 0 Å². The van der Waals surface area contributed by atoms with Crippen LogP contribution in [0.3, 0.4) is 0 Å². The van der Waals surface area contributed by atoms with Gasteiger partial charge in [0.15, 0.2) is 0 Å². The zero-order valence-electron chi connectivity index (χ0n) is 10.9. The molecule has 0 aliphatic heterocycles. The average molecular weight is 276 g/mol. The summed E-state index contributed by atoms with van der Waals surface area (Å²) in [5.41, 5.74) is -0.569. The topological polar surface area (TPSA) is 91.6 Å². The van der Waals surface area contributed by atoms with Crippen molar-refractivity contribution in [3.63, 3.8) is 0 Å². The van der Waals surface area contributed by atoms with Gasteiger partial charge in [-0.1, -0.05) is 0 Å². The Morgan fingerprint density at radius 1 is 1.33 bits per heavy atom. The van der Waals surface area contributed by atoms with Crippen LogP contribution < -0.4 is 10.0 Å². The quantitative estimate of drug-likeness (QED) is 0.661. The third kappa shape index (κ3) is 5.63. The highest BCUT2D eigenvalue weighted by molar-refractivity contribution is 7.88. The van der Waals surface area contributed by atoms with Crippen molar-refractivity contribution in [2.75, 3.05) is 12.8 Å². The molecule has 0 saturated heterocycles. The van der Waals surface area contributed by atoms with Crippen LogP contribution in [0, 0.1) is 0 Å². The van der Waals surface area contributed by atoms with Gasteiger partial charge in [-0.2, -0.15) is 0 Å². The monoisotopic (exact) mass is 276 g/mol. The van der Waals surface area contributed by atoms with Gasteiger partial charge in [0.2, 0.25) is 10.0 Å². The number of aliphatic hydroxyl groups excluding tert-OH is 1. The van der Waals surface area contributed by atoms with Gasteiger partial charge in [-0.15, -0.1) is 0 Å². The Bertz CT molecular complexity index is 479. The number of aliphatic hydroxyl groups is 1. The van der Waals surface area contributed by atoms with Crippen LogP contribution in [0.15, 0.2) is 16.5 Å². The minimum atomic E-state index is -3.22. The summed E-state index contributed by atoms with van der Waals surface area (Å²) in [5, 5.41) is 11.9. The Balaban J connectivity index is 2.41. The van der Waals surface area contributed by atoms with Crippen LogP contribution in [0.4, 0.5) is 0 Å². The first-order chi connectivity index (χ1) is 8.22. The van der Waals surface area contributed by atoms with E-state index in [1.54, 1.807) is 26.0 Å². The summed E-state index contributed by atoms with van der Waals surface area (Å²) in [6.45, 7) is 4.41. The molecule has 0 saturated carbocycles. The molecule has 1 heterocycles. The van der Waals surface area contributed by atoms with Crippen molar-refractivity contribution in [3.05, 3.63) is 23.7 Å². The third-order valence-electron chi connectivity index (χ3n) is 2.20. The molecule has 0 atom stereocenters. The Labute approximate surface area is 107 Å².